The van der Waals surface area contributed by atoms with Gasteiger partial charge in [-0.3, -0.25) is 0 Å². The fourth-order valence-electron chi connectivity index (χ4n) is 4.93. The average Bonchev–Trinajstić information content (AvgIpc) is 3.42. The first-order valence-electron chi connectivity index (χ1n) is 10.2. The summed E-state index contributed by atoms with van der Waals surface area (Å²) < 4.78 is 2.22. The second-order valence-electron chi connectivity index (χ2n) is 7.77. The zero-order chi connectivity index (χ0) is 19.7. The van der Waals surface area contributed by atoms with E-state index >= 15 is 0 Å². The largest absolute Gasteiger partial charge is 0.354 e. The number of hydrogen-bond acceptors (Lipinski definition) is 1. The third-order valence-corrected chi connectivity index (χ3v) is 6.19. The van der Waals surface area contributed by atoms with E-state index in [2.05, 4.69) is 93.5 Å². The molecule has 0 saturated carbocycles. The number of nitrogens with one attached hydrogen (secondary N) is 1. The molecule has 3 nitrogen and oxygen atoms in total. The Bertz CT molecular complexity index is 1740. The summed E-state index contributed by atoms with van der Waals surface area (Å²) in [5.41, 5.74) is 3.54. The van der Waals surface area contributed by atoms with Crippen molar-refractivity contribution in [2.75, 3.05) is 0 Å². The summed E-state index contributed by atoms with van der Waals surface area (Å²) in [6.45, 7) is 0. The van der Waals surface area contributed by atoms with Gasteiger partial charge in [-0.25, -0.2) is 4.98 Å². The Hall–Kier alpha value is -4.11. The smallest absolute Gasteiger partial charge is 0.137 e. The molecule has 0 unspecified atom stereocenters. The second kappa shape index (κ2) is 5.71. The van der Waals surface area contributed by atoms with Gasteiger partial charge >= 0.3 is 0 Å². The molecule has 0 spiro atoms. The first kappa shape index (κ1) is 15.8. The monoisotopic (exact) mass is 383 g/mol. The van der Waals surface area contributed by atoms with Crippen LogP contribution in [0.2, 0.25) is 0 Å². The minimum atomic E-state index is 0.929. The highest BCUT2D eigenvalue weighted by atomic mass is 15.0. The Morgan fingerprint density at radius 2 is 1.43 bits per heavy atom. The number of aromatic amines is 1. The lowest BCUT2D eigenvalue weighted by molar-refractivity contribution is 1.05. The molecule has 0 bridgehead atoms. The molecule has 3 heterocycles. The lowest BCUT2D eigenvalue weighted by Gasteiger charge is -2.09. The predicted molar refractivity (Wildman–Crippen MR) is 125 cm³/mol. The van der Waals surface area contributed by atoms with Gasteiger partial charge in [0.05, 0.1) is 11.0 Å². The van der Waals surface area contributed by atoms with Crippen LogP contribution in [-0.4, -0.2) is 14.5 Å². The van der Waals surface area contributed by atoms with Crippen molar-refractivity contribution in [1.29, 1.82) is 0 Å². The molecule has 7 rings (SSSR count). The minimum absolute atomic E-state index is 0.929. The third-order valence-electron chi connectivity index (χ3n) is 6.19. The molecule has 3 heteroatoms. The van der Waals surface area contributed by atoms with E-state index in [1.165, 1.54) is 48.7 Å². The molecule has 0 amide bonds. The maximum atomic E-state index is 4.64. The van der Waals surface area contributed by atoms with E-state index in [9.17, 15) is 0 Å². The molecule has 140 valence electrons. The normalized spacial score (nSPS) is 12.0. The second-order valence-corrected chi connectivity index (χ2v) is 7.77. The summed E-state index contributed by atoms with van der Waals surface area (Å²) in [5, 5.41) is 8.80. The number of fused-ring (bicyclic) bond motifs is 10. The van der Waals surface area contributed by atoms with Gasteiger partial charge in [0.25, 0.3) is 0 Å². The molecule has 0 radical (unpaired) electrons. The molecule has 7 aromatic rings. The molecule has 0 aliphatic carbocycles. The fraction of sp³-hybridized carbons (Fsp3) is 0. The van der Waals surface area contributed by atoms with Crippen LogP contribution in [0.5, 0.6) is 0 Å². The fourth-order valence-corrected chi connectivity index (χ4v) is 4.93. The molecule has 0 atom stereocenters. The van der Waals surface area contributed by atoms with Crippen LogP contribution in [0.15, 0.2) is 97.3 Å². The molecular weight excluding hydrogens is 366 g/mol. The summed E-state index contributed by atoms with van der Waals surface area (Å²) in [5.74, 6) is 0.929. The zero-order valence-electron chi connectivity index (χ0n) is 16.1. The number of rotatable bonds is 1. The van der Waals surface area contributed by atoms with Gasteiger partial charge in [0.2, 0.25) is 0 Å². The topological polar surface area (TPSA) is 33.6 Å². The highest BCUT2D eigenvalue weighted by Gasteiger charge is 2.18. The van der Waals surface area contributed by atoms with Crippen LogP contribution in [0.4, 0.5) is 0 Å². The van der Waals surface area contributed by atoms with Crippen molar-refractivity contribution in [2.24, 2.45) is 0 Å². The number of benzene rings is 4. The van der Waals surface area contributed by atoms with Crippen molar-refractivity contribution in [3.63, 3.8) is 0 Å². The van der Waals surface area contributed by atoms with Crippen molar-refractivity contribution in [1.82, 2.24) is 14.5 Å². The number of H-pyrrole nitrogens is 1. The Morgan fingerprint density at radius 3 is 2.30 bits per heavy atom. The summed E-state index contributed by atoms with van der Waals surface area (Å²) >= 11 is 0. The van der Waals surface area contributed by atoms with Gasteiger partial charge in [0.1, 0.15) is 5.82 Å². The van der Waals surface area contributed by atoms with E-state index in [0.29, 0.717) is 0 Å². The number of aromatic nitrogens is 3. The zero-order valence-corrected chi connectivity index (χ0v) is 16.1. The van der Waals surface area contributed by atoms with Crippen molar-refractivity contribution >= 4 is 54.3 Å². The molecule has 30 heavy (non-hydrogen) atoms. The SMILES string of the molecule is c1ccc(-n2ccc3c4ccccc4c4[nH]c5ccc6ccccc6c5c4c32)nc1. The van der Waals surface area contributed by atoms with E-state index in [1.807, 2.05) is 18.3 Å². The molecule has 0 aliphatic rings. The Labute approximate surface area is 172 Å². The van der Waals surface area contributed by atoms with Crippen LogP contribution in [0.1, 0.15) is 0 Å². The van der Waals surface area contributed by atoms with E-state index in [1.54, 1.807) is 0 Å². The molecule has 3 aromatic heterocycles. The highest BCUT2D eigenvalue weighted by Crippen LogP contribution is 2.42. The van der Waals surface area contributed by atoms with Crippen molar-refractivity contribution in [3.8, 4) is 5.82 Å². The van der Waals surface area contributed by atoms with Gasteiger partial charge in [-0.05, 0) is 40.4 Å². The highest BCUT2D eigenvalue weighted by molar-refractivity contribution is 6.34. The summed E-state index contributed by atoms with van der Waals surface area (Å²) in [4.78, 5) is 8.38. The van der Waals surface area contributed by atoms with Gasteiger partial charge in [-0.15, -0.1) is 0 Å². The summed E-state index contributed by atoms with van der Waals surface area (Å²) in [7, 11) is 0. The van der Waals surface area contributed by atoms with Crippen LogP contribution in [0.25, 0.3) is 60.1 Å². The minimum Gasteiger partial charge on any atom is -0.354 e. The molecule has 4 aromatic carbocycles. The maximum absolute atomic E-state index is 4.64. The Morgan fingerprint density at radius 1 is 0.633 bits per heavy atom. The first-order chi connectivity index (χ1) is 14.9. The van der Waals surface area contributed by atoms with Gasteiger partial charge in [0, 0.05) is 39.5 Å². The van der Waals surface area contributed by atoms with Crippen LogP contribution >= 0.6 is 0 Å². The third kappa shape index (κ3) is 1.96. The first-order valence-corrected chi connectivity index (χ1v) is 10.2. The van der Waals surface area contributed by atoms with Crippen LogP contribution in [0.3, 0.4) is 0 Å². The Balaban J connectivity index is 1.83. The van der Waals surface area contributed by atoms with Gasteiger partial charge in [-0.2, -0.15) is 0 Å². The average molecular weight is 383 g/mol. The molecule has 1 N–H and O–H groups in total. The van der Waals surface area contributed by atoms with Crippen molar-refractivity contribution in [2.45, 2.75) is 0 Å². The number of hydrogen-bond donors (Lipinski definition) is 1. The van der Waals surface area contributed by atoms with Crippen LogP contribution in [-0.2, 0) is 0 Å². The van der Waals surface area contributed by atoms with Crippen molar-refractivity contribution in [3.05, 3.63) is 97.3 Å². The van der Waals surface area contributed by atoms with Crippen LogP contribution in [0, 0.1) is 0 Å². The predicted octanol–water partition coefficient (Wildman–Crippen LogP) is 6.97. The molecular formula is C27H17N3. The maximum Gasteiger partial charge on any atom is 0.137 e. The lowest BCUT2D eigenvalue weighted by Crippen LogP contribution is -1.95. The van der Waals surface area contributed by atoms with Gasteiger partial charge in [-0.1, -0.05) is 60.7 Å². The quantitative estimate of drug-likeness (QED) is 0.326. The molecule has 0 fully saturated rings. The number of nitrogens with zero attached hydrogens (tertiary/aromatic N) is 2. The lowest BCUT2D eigenvalue weighted by atomic mass is 9.99. The molecule has 0 saturated heterocycles. The summed E-state index contributed by atoms with van der Waals surface area (Å²) in [6.07, 6.45) is 3.99. The van der Waals surface area contributed by atoms with E-state index in [4.69, 9.17) is 0 Å². The van der Waals surface area contributed by atoms with E-state index < -0.39 is 0 Å². The van der Waals surface area contributed by atoms with Gasteiger partial charge in [0.15, 0.2) is 0 Å². The number of pyridine rings is 1. The standard InChI is InChI=1S/C27H17N3/c1-2-8-18-17(7-1)12-13-22-24(18)25-26(29-22)20-10-4-3-9-19(20)21-14-16-30(27(21)25)23-11-5-6-15-28-23/h1-16,29H. The van der Waals surface area contributed by atoms with Gasteiger partial charge < -0.3 is 9.55 Å². The van der Waals surface area contributed by atoms with E-state index in [0.717, 1.165) is 11.3 Å². The molecule has 0 aliphatic heterocycles. The van der Waals surface area contributed by atoms with E-state index in [-0.39, 0.29) is 0 Å². The van der Waals surface area contributed by atoms with Crippen molar-refractivity contribution < 1.29 is 0 Å². The van der Waals surface area contributed by atoms with Crippen LogP contribution < -0.4 is 0 Å². The Kier molecular flexibility index (Phi) is 3.00. The summed E-state index contributed by atoms with van der Waals surface area (Å²) in [6, 6.07) is 30.0.